The van der Waals surface area contributed by atoms with Gasteiger partial charge in [-0.15, -0.1) is 6.58 Å². The van der Waals surface area contributed by atoms with Crippen LogP contribution >= 0.6 is 11.6 Å². The van der Waals surface area contributed by atoms with Crippen molar-refractivity contribution in [3.63, 3.8) is 0 Å². The number of halogens is 1. The Morgan fingerprint density at radius 3 is 2.89 bits per heavy atom. The molecule has 1 aromatic rings. The maximum absolute atomic E-state index is 11.8. The number of amides is 1. The fourth-order valence-corrected chi connectivity index (χ4v) is 1.66. The molecule has 5 nitrogen and oxygen atoms in total. The van der Waals surface area contributed by atoms with Crippen molar-refractivity contribution < 1.29 is 4.79 Å². The number of hydrogen-bond acceptors (Lipinski definition) is 3. The fraction of sp³-hybridized carbons (Fsp3) is 0.417. The van der Waals surface area contributed by atoms with Crippen LogP contribution in [0.2, 0.25) is 5.15 Å². The smallest absolute Gasteiger partial charge is 0.255 e. The summed E-state index contributed by atoms with van der Waals surface area (Å²) in [6.45, 7) is 7.57. The van der Waals surface area contributed by atoms with Crippen molar-refractivity contribution in [3.05, 3.63) is 40.1 Å². The molecular formula is C12H16ClN3O2. The first-order valence-electron chi connectivity index (χ1n) is 5.60. The van der Waals surface area contributed by atoms with Gasteiger partial charge >= 0.3 is 0 Å². The quantitative estimate of drug-likeness (QED) is 0.648. The minimum atomic E-state index is -0.326. The van der Waals surface area contributed by atoms with E-state index in [-0.39, 0.29) is 29.1 Å². The summed E-state index contributed by atoms with van der Waals surface area (Å²) in [6, 6.07) is 1.20. The lowest BCUT2D eigenvalue weighted by atomic mass is 10.2. The maximum atomic E-state index is 11.8. The topological polar surface area (TPSA) is 64.0 Å². The van der Waals surface area contributed by atoms with Gasteiger partial charge in [0.25, 0.3) is 5.56 Å². The van der Waals surface area contributed by atoms with E-state index in [1.807, 2.05) is 13.8 Å². The van der Waals surface area contributed by atoms with Crippen molar-refractivity contribution in [2.75, 3.05) is 6.54 Å². The van der Waals surface area contributed by atoms with Gasteiger partial charge in [-0.25, -0.2) is 4.98 Å². The van der Waals surface area contributed by atoms with Gasteiger partial charge in [0.15, 0.2) is 0 Å². The number of nitrogens with zero attached hydrogens (tertiary/aromatic N) is 2. The number of rotatable bonds is 5. The predicted octanol–water partition coefficient (Wildman–Crippen LogP) is 1.32. The molecule has 0 spiro atoms. The molecule has 0 saturated carbocycles. The van der Waals surface area contributed by atoms with E-state index in [1.165, 1.54) is 10.6 Å². The fourth-order valence-electron chi connectivity index (χ4n) is 1.48. The first-order valence-corrected chi connectivity index (χ1v) is 5.98. The van der Waals surface area contributed by atoms with E-state index in [0.29, 0.717) is 12.4 Å². The summed E-state index contributed by atoms with van der Waals surface area (Å²) in [4.78, 5) is 27.5. The lowest BCUT2D eigenvalue weighted by Crippen LogP contribution is -2.34. The second-order valence-corrected chi connectivity index (χ2v) is 4.50. The average molecular weight is 270 g/mol. The molecule has 1 N–H and O–H groups in total. The minimum Gasteiger partial charge on any atom is -0.351 e. The Hall–Kier alpha value is -1.62. The van der Waals surface area contributed by atoms with Crippen LogP contribution in [0.5, 0.6) is 0 Å². The molecule has 0 radical (unpaired) electrons. The summed E-state index contributed by atoms with van der Waals surface area (Å²) < 4.78 is 1.33. The Morgan fingerprint density at radius 1 is 1.67 bits per heavy atom. The number of nitrogens with one attached hydrogen (secondary N) is 1. The Kier molecular flexibility index (Phi) is 5.09. The molecule has 1 rings (SSSR count). The number of hydrogen-bond donors (Lipinski definition) is 1. The van der Waals surface area contributed by atoms with Gasteiger partial charge in [0, 0.05) is 18.5 Å². The van der Waals surface area contributed by atoms with Crippen LogP contribution in [0, 0.1) is 0 Å². The highest BCUT2D eigenvalue weighted by atomic mass is 35.5. The van der Waals surface area contributed by atoms with E-state index in [9.17, 15) is 9.59 Å². The molecule has 0 aromatic carbocycles. The molecule has 0 bridgehead atoms. The minimum absolute atomic E-state index is 0.00334. The lowest BCUT2D eigenvalue weighted by Gasteiger charge is -2.14. The Bertz CT molecular complexity index is 509. The van der Waals surface area contributed by atoms with Gasteiger partial charge in [-0.3, -0.25) is 14.2 Å². The van der Waals surface area contributed by atoms with Crippen LogP contribution in [0.15, 0.2) is 23.5 Å². The monoisotopic (exact) mass is 269 g/mol. The molecule has 0 atom stereocenters. The largest absolute Gasteiger partial charge is 0.351 e. The highest BCUT2D eigenvalue weighted by Crippen LogP contribution is 2.12. The molecule has 18 heavy (non-hydrogen) atoms. The van der Waals surface area contributed by atoms with Crippen molar-refractivity contribution in [2.24, 2.45) is 0 Å². The second-order valence-electron chi connectivity index (χ2n) is 4.11. The van der Waals surface area contributed by atoms with Gasteiger partial charge < -0.3 is 5.32 Å². The molecule has 0 aliphatic heterocycles. The van der Waals surface area contributed by atoms with E-state index in [1.54, 1.807) is 6.08 Å². The second kappa shape index (κ2) is 6.35. The van der Waals surface area contributed by atoms with Gasteiger partial charge in [0.05, 0.1) is 0 Å². The van der Waals surface area contributed by atoms with Gasteiger partial charge in [-0.1, -0.05) is 31.5 Å². The molecule has 98 valence electrons. The van der Waals surface area contributed by atoms with E-state index in [0.717, 1.165) is 0 Å². The highest BCUT2D eigenvalue weighted by molar-refractivity contribution is 6.29. The molecule has 0 aliphatic carbocycles. The van der Waals surface area contributed by atoms with Crippen molar-refractivity contribution in [2.45, 2.75) is 26.3 Å². The molecule has 1 amide bonds. The summed E-state index contributed by atoms with van der Waals surface area (Å²) in [5.74, 6) is 0.243. The van der Waals surface area contributed by atoms with Crippen LogP contribution < -0.4 is 10.9 Å². The van der Waals surface area contributed by atoms with Crippen LogP contribution in [-0.2, 0) is 11.3 Å². The van der Waals surface area contributed by atoms with Crippen molar-refractivity contribution in [3.8, 4) is 0 Å². The average Bonchev–Trinajstić information content (AvgIpc) is 2.29. The molecule has 0 aliphatic rings. The van der Waals surface area contributed by atoms with Crippen LogP contribution in [0.1, 0.15) is 25.6 Å². The summed E-state index contributed by atoms with van der Waals surface area (Å²) in [7, 11) is 0. The zero-order valence-electron chi connectivity index (χ0n) is 10.4. The van der Waals surface area contributed by atoms with Crippen LogP contribution in [0.4, 0.5) is 0 Å². The van der Waals surface area contributed by atoms with Gasteiger partial charge in [0.1, 0.15) is 17.5 Å². The van der Waals surface area contributed by atoms with Crippen LogP contribution in [0.3, 0.4) is 0 Å². The zero-order valence-corrected chi connectivity index (χ0v) is 11.2. The molecule has 0 fully saturated rings. The Morgan fingerprint density at radius 2 is 2.33 bits per heavy atom. The third kappa shape index (κ3) is 3.70. The predicted molar refractivity (Wildman–Crippen MR) is 70.8 cm³/mol. The third-order valence-corrected chi connectivity index (χ3v) is 2.46. The molecule has 1 heterocycles. The van der Waals surface area contributed by atoms with E-state index < -0.39 is 0 Å². The summed E-state index contributed by atoms with van der Waals surface area (Å²) in [5.41, 5.74) is -0.326. The highest BCUT2D eigenvalue weighted by Gasteiger charge is 2.13. The molecule has 0 saturated heterocycles. The van der Waals surface area contributed by atoms with Crippen LogP contribution in [0.25, 0.3) is 0 Å². The summed E-state index contributed by atoms with van der Waals surface area (Å²) >= 11 is 5.75. The Balaban J connectivity index is 3.04. The molecule has 0 unspecified atom stereocenters. The standard InChI is InChI=1S/C12H16ClN3O2/c1-4-5-14-10(17)7-16-11(18)6-9(13)15-12(16)8(2)3/h4,6,8H,1,5,7H2,2-3H3,(H,14,17). The summed E-state index contributed by atoms with van der Waals surface area (Å²) in [6.07, 6.45) is 1.57. The maximum Gasteiger partial charge on any atom is 0.255 e. The SMILES string of the molecule is C=CCNC(=O)Cn1c(C(C)C)nc(Cl)cc1=O. The van der Waals surface area contributed by atoms with Crippen molar-refractivity contribution in [1.29, 1.82) is 0 Å². The zero-order chi connectivity index (χ0) is 13.7. The lowest BCUT2D eigenvalue weighted by molar-refractivity contribution is -0.121. The number of carbonyl (C=O) groups excluding carboxylic acids is 1. The van der Waals surface area contributed by atoms with Gasteiger partial charge in [-0.2, -0.15) is 0 Å². The molecular weight excluding hydrogens is 254 g/mol. The molecule has 6 heteroatoms. The van der Waals surface area contributed by atoms with Gasteiger partial charge in [-0.05, 0) is 0 Å². The van der Waals surface area contributed by atoms with Gasteiger partial charge in [0.2, 0.25) is 5.91 Å². The van der Waals surface area contributed by atoms with Crippen molar-refractivity contribution >= 4 is 17.5 Å². The first kappa shape index (κ1) is 14.4. The molecule has 1 aromatic heterocycles. The van der Waals surface area contributed by atoms with Crippen LogP contribution in [-0.4, -0.2) is 22.0 Å². The van der Waals surface area contributed by atoms with E-state index >= 15 is 0 Å². The van der Waals surface area contributed by atoms with E-state index in [4.69, 9.17) is 11.6 Å². The van der Waals surface area contributed by atoms with E-state index in [2.05, 4.69) is 16.9 Å². The third-order valence-electron chi connectivity index (χ3n) is 2.27. The number of carbonyl (C=O) groups is 1. The summed E-state index contributed by atoms with van der Waals surface area (Å²) in [5, 5.41) is 2.76. The first-order chi connectivity index (χ1) is 8.45. The number of aromatic nitrogens is 2. The Labute approximate surface area is 110 Å². The van der Waals surface area contributed by atoms with Crippen molar-refractivity contribution in [1.82, 2.24) is 14.9 Å². The normalized spacial score (nSPS) is 10.4.